The summed E-state index contributed by atoms with van der Waals surface area (Å²) in [6.07, 6.45) is 2.30. The molecule has 3 aromatic rings. The zero-order valence-electron chi connectivity index (χ0n) is 15.4. The molecule has 0 unspecified atom stereocenters. The van der Waals surface area contributed by atoms with E-state index < -0.39 is 0 Å². The summed E-state index contributed by atoms with van der Waals surface area (Å²) < 4.78 is 12.8. The molecule has 0 fully saturated rings. The van der Waals surface area contributed by atoms with Crippen LogP contribution in [0.25, 0.3) is 10.9 Å². The Bertz CT molecular complexity index is 1060. The molecule has 4 rings (SSSR count). The summed E-state index contributed by atoms with van der Waals surface area (Å²) in [5, 5.41) is 7.68. The van der Waals surface area contributed by atoms with E-state index in [1.54, 1.807) is 10.7 Å². The summed E-state index contributed by atoms with van der Waals surface area (Å²) in [5.74, 6) is 1.47. The van der Waals surface area contributed by atoms with Crippen molar-refractivity contribution in [2.45, 2.75) is 19.4 Å². The smallest absolute Gasteiger partial charge is 0.221 e. The van der Waals surface area contributed by atoms with Gasteiger partial charge in [0.2, 0.25) is 11.3 Å². The molecule has 1 aliphatic heterocycles. The molecular formula is C21H21N3O4. The monoisotopic (exact) mass is 379 g/mol. The van der Waals surface area contributed by atoms with Crippen molar-refractivity contribution in [2.24, 2.45) is 0 Å². The van der Waals surface area contributed by atoms with E-state index in [0.29, 0.717) is 44.5 Å². The number of aromatic nitrogens is 2. The molecule has 0 aliphatic carbocycles. The Hall–Kier alpha value is -3.35. The lowest BCUT2D eigenvalue weighted by Crippen LogP contribution is -2.27. The second-order valence-corrected chi connectivity index (χ2v) is 6.58. The van der Waals surface area contributed by atoms with Gasteiger partial charge in [-0.3, -0.25) is 14.3 Å². The van der Waals surface area contributed by atoms with Crippen molar-refractivity contribution in [3.63, 3.8) is 0 Å². The lowest BCUT2D eigenvalue weighted by atomic mass is 10.1. The predicted octanol–water partition coefficient (Wildman–Crippen LogP) is 1.92. The van der Waals surface area contributed by atoms with E-state index in [-0.39, 0.29) is 11.3 Å². The van der Waals surface area contributed by atoms with Gasteiger partial charge in [0.1, 0.15) is 13.2 Å². The molecule has 1 aliphatic rings. The first-order chi connectivity index (χ1) is 13.7. The van der Waals surface area contributed by atoms with Crippen LogP contribution < -0.4 is 20.2 Å². The minimum absolute atomic E-state index is 0.0536. The summed E-state index contributed by atoms with van der Waals surface area (Å²) in [5.41, 5.74) is 1.70. The second-order valence-electron chi connectivity index (χ2n) is 6.58. The molecule has 7 nitrogen and oxygen atoms in total. The SMILES string of the molecule is O=C(CCn1ncc(=O)c2ccccc21)NCCc1ccc2c(c1)OCCO2. The molecule has 0 saturated heterocycles. The molecule has 1 aromatic heterocycles. The third-order valence-electron chi connectivity index (χ3n) is 4.66. The summed E-state index contributed by atoms with van der Waals surface area (Å²) in [6, 6.07) is 13.1. The molecule has 28 heavy (non-hydrogen) atoms. The Labute approximate surface area is 161 Å². The van der Waals surface area contributed by atoms with Crippen molar-refractivity contribution in [3.8, 4) is 11.5 Å². The van der Waals surface area contributed by atoms with Crippen LogP contribution in [0.2, 0.25) is 0 Å². The maximum atomic E-state index is 12.2. The van der Waals surface area contributed by atoms with Gasteiger partial charge in [-0.05, 0) is 36.2 Å². The highest BCUT2D eigenvalue weighted by Crippen LogP contribution is 2.30. The van der Waals surface area contributed by atoms with Crippen LogP contribution in [0.1, 0.15) is 12.0 Å². The Morgan fingerprint density at radius 2 is 1.93 bits per heavy atom. The van der Waals surface area contributed by atoms with Crippen molar-refractivity contribution in [3.05, 3.63) is 64.4 Å². The van der Waals surface area contributed by atoms with E-state index >= 15 is 0 Å². The van der Waals surface area contributed by atoms with E-state index in [4.69, 9.17) is 9.47 Å². The van der Waals surface area contributed by atoms with E-state index in [1.807, 2.05) is 36.4 Å². The number of aryl methyl sites for hydroxylation is 1. The van der Waals surface area contributed by atoms with Gasteiger partial charge >= 0.3 is 0 Å². The number of ether oxygens (including phenoxy) is 2. The molecule has 0 saturated carbocycles. The van der Waals surface area contributed by atoms with Gasteiger partial charge in [0, 0.05) is 18.4 Å². The van der Waals surface area contributed by atoms with Crippen molar-refractivity contribution < 1.29 is 14.3 Å². The van der Waals surface area contributed by atoms with Crippen molar-refractivity contribution in [2.75, 3.05) is 19.8 Å². The fraction of sp³-hybridized carbons (Fsp3) is 0.286. The lowest BCUT2D eigenvalue weighted by molar-refractivity contribution is -0.121. The first kappa shape index (κ1) is 18.0. The predicted molar refractivity (Wildman–Crippen MR) is 105 cm³/mol. The average molecular weight is 379 g/mol. The average Bonchev–Trinajstić information content (AvgIpc) is 2.73. The molecule has 0 atom stereocenters. The number of benzene rings is 2. The molecule has 2 aromatic carbocycles. The number of para-hydroxylation sites is 1. The first-order valence-corrected chi connectivity index (χ1v) is 9.31. The van der Waals surface area contributed by atoms with Gasteiger partial charge in [-0.25, -0.2) is 0 Å². The van der Waals surface area contributed by atoms with E-state index in [0.717, 1.165) is 22.6 Å². The van der Waals surface area contributed by atoms with E-state index in [9.17, 15) is 9.59 Å². The van der Waals surface area contributed by atoms with Gasteiger partial charge in [-0.1, -0.05) is 18.2 Å². The highest BCUT2D eigenvalue weighted by Gasteiger charge is 2.12. The van der Waals surface area contributed by atoms with Crippen molar-refractivity contribution in [1.82, 2.24) is 15.1 Å². The second kappa shape index (κ2) is 8.12. The molecule has 0 radical (unpaired) electrons. The van der Waals surface area contributed by atoms with Crippen molar-refractivity contribution in [1.29, 1.82) is 0 Å². The van der Waals surface area contributed by atoms with Gasteiger partial charge in [-0.2, -0.15) is 5.10 Å². The minimum atomic E-state index is -0.115. The molecule has 0 spiro atoms. The number of hydrogen-bond acceptors (Lipinski definition) is 5. The van der Waals surface area contributed by atoms with Crippen molar-refractivity contribution >= 4 is 16.8 Å². The quantitative estimate of drug-likeness (QED) is 0.708. The van der Waals surface area contributed by atoms with Gasteiger partial charge < -0.3 is 14.8 Å². The maximum Gasteiger partial charge on any atom is 0.221 e. The van der Waals surface area contributed by atoms with E-state index in [1.165, 1.54) is 6.20 Å². The van der Waals surface area contributed by atoms with Crippen LogP contribution in [0.5, 0.6) is 11.5 Å². The zero-order valence-corrected chi connectivity index (χ0v) is 15.4. The third kappa shape index (κ3) is 3.98. The fourth-order valence-electron chi connectivity index (χ4n) is 3.22. The maximum absolute atomic E-state index is 12.2. The van der Waals surface area contributed by atoms with Crippen LogP contribution in [0.3, 0.4) is 0 Å². The molecule has 1 N–H and O–H groups in total. The Balaban J connectivity index is 1.30. The van der Waals surface area contributed by atoms with Gasteiger partial charge in [0.15, 0.2) is 11.5 Å². The number of rotatable bonds is 6. The summed E-state index contributed by atoms with van der Waals surface area (Å²) in [6.45, 7) is 2.08. The number of amides is 1. The highest BCUT2D eigenvalue weighted by atomic mass is 16.6. The van der Waals surface area contributed by atoms with Crippen LogP contribution in [-0.4, -0.2) is 35.4 Å². The van der Waals surface area contributed by atoms with Crippen LogP contribution in [0, 0.1) is 0 Å². The summed E-state index contributed by atoms with van der Waals surface area (Å²) in [4.78, 5) is 24.0. The van der Waals surface area contributed by atoms with Crippen LogP contribution in [0.4, 0.5) is 0 Å². The number of hydrogen-bond donors (Lipinski definition) is 1. The summed E-state index contributed by atoms with van der Waals surface area (Å²) >= 11 is 0. The molecule has 1 amide bonds. The normalized spacial score (nSPS) is 12.7. The third-order valence-corrected chi connectivity index (χ3v) is 4.66. The molecule has 2 heterocycles. The first-order valence-electron chi connectivity index (χ1n) is 9.31. The van der Waals surface area contributed by atoms with E-state index in [2.05, 4.69) is 10.4 Å². The lowest BCUT2D eigenvalue weighted by Gasteiger charge is -2.18. The standard InChI is InChI=1S/C21H21N3O4/c25-18-14-23-24(17-4-2-1-3-16(17)18)10-8-21(26)22-9-7-15-5-6-19-20(13-15)28-12-11-27-19/h1-6,13-14H,7-12H2,(H,22,26). The van der Waals surface area contributed by atoms with Gasteiger partial charge in [0.25, 0.3) is 0 Å². The highest BCUT2D eigenvalue weighted by molar-refractivity contribution is 5.79. The summed E-state index contributed by atoms with van der Waals surface area (Å²) in [7, 11) is 0. The molecule has 0 bridgehead atoms. The van der Waals surface area contributed by atoms with Crippen LogP contribution >= 0.6 is 0 Å². The van der Waals surface area contributed by atoms with Gasteiger partial charge in [0.05, 0.1) is 18.3 Å². The number of fused-ring (bicyclic) bond motifs is 2. The minimum Gasteiger partial charge on any atom is -0.486 e. The molecular weight excluding hydrogens is 358 g/mol. The topological polar surface area (TPSA) is 82.5 Å². The Kier molecular flexibility index (Phi) is 5.23. The molecule has 7 heteroatoms. The Morgan fingerprint density at radius 1 is 1.11 bits per heavy atom. The fourth-order valence-corrected chi connectivity index (χ4v) is 3.22. The van der Waals surface area contributed by atoms with Crippen LogP contribution in [-0.2, 0) is 17.8 Å². The number of nitrogens with one attached hydrogen (secondary N) is 1. The largest absolute Gasteiger partial charge is 0.486 e. The Morgan fingerprint density at radius 3 is 2.82 bits per heavy atom. The van der Waals surface area contributed by atoms with Gasteiger partial charge in [-0.15, -0.1) is 0 Å². The molecule has 144 valence electrons. The number of carbonyl (C=O) groups is 1. The van der Waals surface area contributed by atoms with Crippen LogP contribution in [0.15, 0.2) is 53.5 Å². The number of nitrogens with zero attached hydrogens (tertiary/aromatic N) is 2. The number of carbonyl (C=O) groups excluding carboxylic acids is 1. The zero-order chi connectivity index (χ0) is 19.3.